The standard InChI is InChI=1S/C14H17Br2N3/c1-4-19-13(14(16)10(3)18-19)8-17-12-7-9(2)5-6-11(12)15/h5-7,17H,4,8H2,1-3H3. The van der Waals surface area contributed by atoms with Crippen LogP contribution in [0.4, 0.5) is 5.69 Å². The average molecular weight is 387 g/mol. The van der Waals surface area contributed by atoms with Gasteiger partial charge in [0.1, 0.15) is 0 Å². The normalized spacial score (nSPS) is 10.8. The largest absolute Gasteiger partial charge is 0.378 e. The van der Waals surface area contributed by atoms with Crippen LogP contribution in [0.2, 0.25) is 0 Å². The summed E-state index contributed by atoms with van der Waals surface area (Å²) >= 11 is 7.18. The molecule has 0 bridgehead atoms. The third-order valence-corrected chi connectivity index (χ3v) is 4.74. The molecule has 0 aliphatic carbocycles. The number of nitrogens with one attached hydrogen (secondary N) is 1. The molecule has 0 atom stereocenters. The van der Waals surface area contributed by atoms with Gasteiger partial charge in [-0.05, 0) is 70.3 Å². The van der Waals surface area contributed by atoms with Crippen molar-refractivity contribution in [2.45, 2.75) is 33.9 Å². The van der Waals surface area contributed by atoms with Gasteiger partial charge in [0, 0.05) is 16.7 Å². The fourth-order valence-electron chi connectivity index (χ4n) is 1.99. The Balaban J connectivity index is 2.21. The summed E-state index contributed by atoms with van der Waals surface area (Å²) in [5.74, 6) is 0. The zero-order valence-electron chi connectivity index (χ0n) is 11.3. The van der Waals surface area contributed by atoms with Crippen LogP contribution in [0.5, 0.6) is 0 Å². The third-order valence-electron chi connectivity index (χ3n) is 3.02. The molecule has 5 heteroatoms. The lowest BCUT2D eigenvalue weighted by atomic mass is 10.2. The maximum Gasteiger partial charge on any atom is 0.0739 e. The second-order valence-corrected chi connectivity index (χ2v) is 6.15. The van der Waals surface area contributed by atoms with Crippen LogP contribution in [0.25, 0.3) is 0 Å². The highest BCUT2D eigenvalue weighted by atomic mass is 79.9. The highest BCUT2D eigenvalue weighted by Crippen LogP contribution is 2.26. The highest BCUT2D eigenvalue weighted by molar-refractivity contribution is 9.11. The average Bonchev–Trinajstić information content (AvgIpc) is 2.66. The Bertz CT molecular complexity index is 591. The lowest BCUT2D eigenvalue weighted by molar-refractivity contribution is 0.622. The first-order valence-corrected chi connectivity index (χ1v) is 7.83. The number of hydrogen-bond donors (Lipinski definition) is 1. The van der Waals surface area contributed by atoms with Crippen LogP contribution in [-0.2, 0) is 13.1 Å². The van der Waals surface area contributed by atoms with Crippen molar-refractivity contribution in [2.24, 2.45) is 0 Å². The van der Waals surface area contributed by atoms with Gasteiger partial charge in [-0.3, -0.25) is 4.68 Å². The lowest BCUT2D eigenvalue weighted by Gasteiger charge is -2.11. The van der Waals surface area contributed by atoms with Gasteiger partial charge in [0.15, 0.2) is 0 Å². The number of halogens is 2. The molecule has 2 aromatic rings. The molecule has 0 aliphatic rings. The van der Waals surface area contributed by atoms with Crippen molar-refractivity contribution in [3.8, 4) is 0 Å². The van der Waals surface area contributed by atoms with Gasteiger partial charge in [-0.25, -0.2) is 0 Å². The molecule has 1 aromatic heterocycles. The van der Waals surface area contributed by atoms with E-state index < -0.39 is 0 Å². The van der Waals surface area contributed by atoms with Crippen molar-refractivity contribution >= 4 is 37.5 Å². The third kappa shape index (κ3) is 3.20. The molecule has 102 valence electrons. The molecule has 1 N–H and O–H groups in total. The number of nitrogens with zero attached hydrogens (tertiary/aromatic N) is 2. The smallest absolute Gasteiger partial charge is 0.0739 e. The van der Waals surface area contributed by atoms with Crippen LogP contribution in [0.1, 0.15) is 23.9 Å². The van der Waals surface area contributed by atoms with Crippen molar-refractivity contribution in [2.75, 3.05) is 5.32 Å². The molecule has 1 aromatic carbocycles. The summed E-state index contributed by atoms with van der Waals surface area (Å²) in [6.07, 6.45) is 0. The summed E-state index contributed by atoms with van der Waals surface area (Å²) in [7, 11) is 0. The first-order chi connectivity index (χ1) is 9.02. The van der Waals surface area contributed by atoms with Crippen LogP contribution >= 0.6 is 31.9 Å². The number of benzene rings is 1. The van der Waals surface area contributed by atoms with Crippen LogP contribution in [0, 0.1) is 13.8 Å². The second kappa shape index (κ2) is 6.09. The van der Waals surface area contributed by atoms with Gasteiger partial charge >= 0.3 is 0 Å². The summed E-state index contributed by atoms with van der Waals surface area (Å²) in [6, 6.07) is 6.29. The number of hydrogen-bond acceptors (Lipinski definition) is 2. The molecule has 2 rings (SSSR count). The van der Waals surface area contributed by atoms with Gasteiger partial charge in [-0.15, -0.1) is 0 Å². The zero-order chi connectivity index (χ0) is 14.0. The Morgan fingerprint density at radius 1 is 1.26 bits per heavy atom. The summed E-state index contributed by atoms with van der Waals surface area (Å²) in [4.78, 5) is 0. The van der Waals surface area contributed by atoms with Crippen LogP contribution in [0.15, 0.2) is 27.1 Å². The Morgan fingerprint density at radius 3 is 2.68 bits per heavy atom. The molecule has 0 unspecified atom stereocenters. The van der Waals surface area contributed by atoms with Gasteiger partial charge in [0.05, 0.1) is 22.4 Å². The monoisotopic (exact) mass is 385 g/mol. The number of rotatable bonds is 4. The minimum Gasteiger partial charge on any atom is -0.378 e. The van der Waals surface area contributed by atoms with Crippen LogP contribution in [0.3, 0.4) is 0 Å². The molecular formula is C14H17Br2N3. The first-order valence-electron chi connectivity index (χ1n) is 6.24. The Kier molecular flexibility index (Phi) is 4.68. The minimum atomic E-state index is 0.747. The topological polar surface area (TPSA) is 29.9 Å². The summed E-state index contributed by atoms with van der Waals surface area (Å²) < 4.78 is 4.19. The Hall–Kier alpha value is -0.810. The number of aryl methyl sites for hydroxylation is 3. The van der Waals surface area contributed by atoms with Crippen molar-refractivity contribution in [3.05, 3.63) is 44.1 Å². The van der Waals surface area contributed by atoms with Crippen molar-refractivity contribution in [1.29, 1.82) is 0 Å². The van der Waals surface area contributed by atoms with E-state index in [2.05, 4.69) is 74.3 Å². The van der Waals surface area contributed by atoms with E-state index in [0.29, 0.717) is 0 Å². The molecule has 0 spiro atoms. The molecule has 0 radical (unpaired) electrons. The molecular weight excluding hydrogens is 370 g/mol. The van der Waals surface area contributed by atoms with E-state index in [-0.39, 0.29) is 0 Å². The summed E-state index contributed by atoms with van der Waals surface area (Å²) in [5, 5.41) is 7.96. The maximum atomic E-state index is 4.50. The van der Waals surface area contributed by atoms with E-state index >= 15 is 0 Å². The van der Waals surface area contributed by atoms with E-state index in [9.17, 15) is 0 Å². The molecule has 0 fully saturated rings. The predicted molar refractivity (Wildman–Crippen MR) is 86.5 cm³/mol. The highest BCUT2D eigenvalue weighted by Gasteiger charge is 2.12. The van der Waals surface area contributed by atoms with E-state index in [4.69, 9.17) is 0 Å². The van der Waals surface area contributed by atoms with E-state index in [1.54, 1.807) is 0 Å². The number of anilines is 1. The Morgan fingerprint density at radius 2 is 2.00 bits per heavy atom. The molecule has 3 nitrogen and oxygen atoms in total. The van der Waals surface area contributed by atoms with E-state index in [0.717, 1.165) is 33.4 Å². The molecule has 19 heavy (non-hydrogen) atoms. The molecule has 0 aliphatic heterocycles. The van der Waals surface area contributed by atoms with Crippen molar-refractivity contribution in [1.82, 2.24) is 9.78 Å². The SMILES string of the molecule is CCn1nc(C)c(Br)c1CNc1cc(C)ccc1Br. The lowest BCUT2D eigenvalue weighted by Crippen LogP contribution is -2.08. The van der Waals surface area contributed by atoms with Gasteiger partial charge < -0.3 is 5.32 Å². The molecule has 0 saturated carbocycles. The predicted octanol–water partition coefficient (Wildman–Crippen LogP) is 4.66. The maximum absolute atomic E-state index is 4.50. The fourth-order valence-corrected chi connectivity index (χ4v) is 2.80. The summed E-state index contributed by atoms with van der Waals surface area (Å²) in [6.45, 7) is 7.83. The van der Waals surface area contributed by atoms with Gasteiger partial charge in [-0.2, -0.15) is 5.10 Å². The zero-order valence-corrected chi connectivity index (χ0v) is 14.5. The van der Waals surface area contributed by atoms with Crippen LogP contribution < -0.4 is 5.32 Å². The van der Waals surface area contributed by atoms with Gasteiger partial charge in [-0.1, -0.05) is 6.07 Å². The second-order valence-electron chi connectivity index (χ2n) is 4.50. The quantitative estimate of drug-likeness (QED) is 0.828. The van der Waals surface area contributed by atoms with Gasteiger partial charge in [0.2, 0.25) is 0 Å². The van der Waals surface area contributed by atoms with E-state index in [1.165, 1.54) is 11.3 Å². The fraction of sp³-hybridized carbons (Fsp3) is 0.357. The van der Waals surface area contributed by atoms with E-state index in [1.807, 2.05) is 11.6 Å². The molecule has 1 heterocycles. The summed E-state index contributed by atoms with van der Waals surface area (Å²) in [5.41, 5.74) is 4.55. The molecule has 0 amide bonds. The van der Waals surface area contributed by atoms with Gasteiger partial charge in [0.25, 0.3) is 0 Å². The Labute approximate surface area is 130 Å². The van der Waals surface area contributed by atoms with Crippen molar-refractivity contribution in [3.63, 3.8) is 0 Å². The molecule has 0 saturated heterocycles. The van der Waals surface area contributed by atoms with Crippen LogP contribution in [-0.4, -0.2) is 9.78 Å². The first kappa shape index (κ1) is 14.6. The minimum absolute atomic E-state index is 0.747. The number of aromatic nitrogens is 2. The van der Waals surface area contributed by atoms with Crippen molar-refractivity contribution < 1.29 is 0 Å².